The lowest BCUT2D eigenvalue weighted by molar-refractivity contribution is -0.134. The standard InChI is InChI=1S/C30H35FN2OS/c1-20-27(17-22-8-11-25(35-3)12-9-22)26-13-10-23(31)18-28(26)29(20)21(2)30(34)33-16-6-7-24(33)19-32-14-4-5-15-32/h8-13,17-18,21,24H,4-7,14-16,19H2,1-3H3/b27-17-/t21?,24-/m0/s1. The Balaban J connectivity index is 1.46. The molecule has 0 bridgehead atoms. The lowest BCUT2D eigenvalue weighted by atomic mass is 9.92. The first-order valence-electron chi connectivity index (χ1n) is 12.9. The molecular weight excluding hydrogens is 455 g/mol. The Morgan fingerprint density at radius 1 is 1.09 bits per heavy atom. The summed E-state index contributed by atoms with van der Waals surface area (Å²) in [7, 11) is 0. The molecule has 0 N–H and O–H groups in total. The molecule has 5 rings (SSSR count). The van der Waals surface area contributed by atoms with E-state index in [0.29, 0.717) is 6.04 Å². The summed E-state index contributed by atoms with van der Waals surface area (Å²) in [5.41, 5.74) is 6.13. The molecule has 5 heteroatoms. The van der Waals surface area contributed by atoms with Crippen molar-refractivity contribution in [1.29, 1.82) is 0 Å². The van der Waals surface area contributed by atoms with Crippen LogP contribution in [-0.4, -0.2) is 54.2 Å². The van der Waals surface area contributed by atoms with E-state index in [1.807, 2.05) is 13.0 Å². The second kappa shape index (κ2) is 10.3. The number of carbonyl (C=O) groups is 1. The van der Waals surface area contributed by atoms with E-state index in [1.165, 1.54) is 23.8 Å². The van der Waals surface area contributed by atoms with Crippen LogP contribution >= 0.6 is 11.8 Å². The molecule has 0 spiro atoms. The predicted molar refractivity (Wildman–Crippen MR) is 145 cm³/mol. The summed E-state index contributed by atoms with van der Waals surface area (Å²) in [5, 5.41) is 0. The minimum atomic E-state index is -0.306. The number of hydrogen-bond acceptors (Lipinski definition) is 3. The van der Waals surface area contributed by atoms with E-state index in [2.05, 4.69) is 53.3 Å². The van der Waals surface area contributed by atoms with Crippen molar-refractivity contribution in [1.82, 2.24) is 9.80 Å². The Kier molecular flexibility index (Phi) is 7.17. The van der Waals surface area contributed by atoms with Gasteiger partial charge in [0.05, 0.1) is 5.92 Å². The van der Waals surface area contributed by atoms with Crippen LogP contribution in [0.2, 0.25) is 0 Å². The first-order valence-corrected chi connectivity index (χ1v) is 14.1. The van der Waals surface area contributed by atoms with Gasteiger partial charge in [-0.1, -0.05) is 18.2 Å². The monoisotopic (exact) mass is 490 g/mol. The molecule has 2 fully saturated rings. The van der Waals surface area contributed by atoms with Gasteiger partial charge >= 0.3 is 0 Å². The summed E-state index contributed by atoms with van der Waals surface area (Å²) in [6.45, 7) is 8.21. The predicted octanol–water partition coefficient (Wildman–Crippen LogP) is 6.60. The summed E-state index contributed by atoms with van der Waals surface area (Å²) in [5.74, 6) is -0.381. The zero-order chi connectivity index (χ0) is 24.5. The fourth-order valence-corrected chi connectivity index (χ4v) is 6.49. The smallest absolute Gasteiger partial charge is 0.230 e. The average Bonchev–Trinajstić information content (AvgIpc) is 3.60. The molecule has 2 saturated heterocycles. The molecule has 3 nitrogen and oxygen atoms in total. The minimum Gasteiger partial charge on any atom is -0.338 e. The Morgan fingerprint density at radius 3 is 2.54 bits per heavy atom. The maximum Gasteiger partial charge on any atom is 0.230 e. The largest absolute Gasteiger partial charge is 0.338 e. The molecule has 2 aromatic carbocycles. The molecule has 3 aliphatic rings. The fourth-order valence-electron chi connectivity index (χ4n) is 6.09. The Labute approximate surface area is 213 Å². The van der Waals surface area contributed by atoms with Gasteiger partial charge in [0.2, 0.25) is 5.91 Å². The number of hydrogen-bond donors (Lipinski definition) is 0. The van der Waals surface area contributed by atoms with Crippen molar-refractivity contribution in [2.75, 3.05) is 32.4 Å². The quantitative estimate of drug-likeness (QED) is 0.426. The summed E-state index contributed by atoms with van der Waals surface area (Å²) < 4.78 is 14.4. The molecule has 2 heterocycles. The average molecular weight is 491 g/mol. The number of fused-ring (bicyclic) bond motifs is 1. The van der Waals surface area contributed by atoms with Gasteiger partial charge in [-0.25, -0.2) is 4.39 Å². The summed E-state index contributed by atoms with van der Waals surface area (Å²) in [6.07, 6.45) is 8.92. The number of allylic oxidation sites excluding steroid dienone is 2. The van der Waals surface area contributed by atoms with Crippen molar-refractivity contribution >= 4 is 34.9 Å². The van der Waals surface area contributed by atoms with Crippen LogP contribution in [0.5, 0.6) is 0 Å². The molecule has 0 aromatic heterocycles. The van der Waals surface area contributed by atoms with Crippen LogP contribution in [0.25, 0.3) is 17.2 Å². The topological polar surface area (TPSA) is 23.6 Å². The SMILES string of the molecule is CSc1ccc(/C=C2/C(C)=C(C(C)C(=O)N3CCC[C@H]3CN3CCCC3)c3cc(F)ccc32)cc1. The molecule has 35 heavy (non-hydrogen) atoms. The first-order chi connectivity index (χ1) is 17.0. The number of halogens is 1. The zero-order valence-electron chi connectivity index (χ0n) is 21.0. The lowest BCUT2D eigenvalue weighted by Gasteiger charge is -2.31. The summed E-state index contributed by atoms with van der Waals surface area (Å²) in [4.78, 5) is 19.7. The molecule has 1 aliphatic carbocycles. The first kappa shape index (κ1) is 24.3. The molecule has 2 aliphatic heterocycles. The van der Waals surface area contributed by atoms with Gasteiger partial charge in [-0.15, -0.1) is 11.8 Å². The van der Waals surface area contributed by atoms with Crippen molar-refractivity contribution in [2.24, 2.45) is 5.92 Å². The van der Waals surface area contributed by atoms with Crippen LogP contribution in [0.15, 0.2) is 52.9 Å². The Morgan fingerprint density at radius 2 is 1.83 bits per heavy atom. The van der Waals surface area contributed by atoms with E-state index in [9.17, 15) is 9.18 Å². The van der Waals surface area contributed by atoms with E-state index in [1.54, 1.807) is 17.8 Å². The van der Waals surface area contributed by atoms with E-state index in [4.69, 9.17) is 0 Å². The summed E-state index contributed by atoms with van der Waals surface area (Å²) in [6, 6.07) is 13.8. The normalized spacial score (nSPS) is 22.3. The van der Waals surface area contributed by atoms with Crippen LogP contribution in [0, 0.1) is 11.7 Å². The van der Waals surface area contributed by atoms with Crippen molar-refractivity contribution in [2.45, 2.75) is 50.5 Å². The van der Waals surface area contributed by atoms with Gasteiger partial charge in [-0.3, -0.25) is 4.79 Å². The maximum absolute atomic E-state index is 14.4. The molecule has 2 atom stereocenters. The molecule has 1 amide bonds. The van der Waals surface area contributed by atoms with Gasteiger partial charge in [0.1, 0.15) is 5.82 Å². The van der Waals surface area contributed by atoms with Gasteiger partial charge in [0.25, 0.3) is 0 Å². The van der Waals surface area contributed by atoms with Gasteiger partial charge < -0.3 is 9.80 Å². The Hall–Kier alpha value is -2.37. The van der Waals surface area contributed by atoms with Crippen molar-refractivity contribution in [3.8, 4) is 0 Å². The molecule has 2 aromatic rings. The lowest BCUT2D eigenvalue weighted by Crippen LogP contribution is -2.44. The fraction of sp³-hybridized carbons (Fsp3) is 0.433. The van der Waals surface area contributed by atoms with Crippen LogP contribution < -0.4 is 0 Å². The van der Waals surface area contributed by atoms with Crippen LogP contribution in [-0.2, 0) is 4.79 Å². The van der Waals surface area contributed by atoms with Gasteiger partial charge in [-0.2, -0.15) is 0 Å². The van der Waals surface area contributed by atoms with Crippen LogP contribution in [0.4, 0.5) is 4.39 Å². The molecule has 1 unspecified atom stereocenters. The third-order valence-electron chi connectivity index (χ3n) is 7.93. The summed E-state index contributed by atoms with van der Waals surface area (Å²) >= 11 is 1.72. The van der Waals surface area contributed by atoms with Crippen molar-refractivity contribution in [3.05, 3.63) is 70.5 Å². The highest BCUT2D eigenvalue weighted by Crippen LogP contribution is 2.46. The molecule has 0 radical (unpaired) electrons. The molecular formula is C30H35FN2OS. The van der Waals surface area contributed by atoms with Gasteiger partial charge in [0, 0.05) is 24.0 Å². The number of benzene rings is 2. The second-order valence-electron chi connectivity index (χ2n) is 10.1. The third kappa shape index (κ3) is 4.85. The maximum atomic E-state index is 14.4. The Bertz CT molecular complexity index is 1160. The van der Waals surface area contributed by atoms with Gasteiger partial charge in [-0.05, 0) is 123 Å². The van der Waals surface area contributed by atoms with Gasteiger partial charge in [0.15, 0.2) is 0 Å². The zero-order valence-corrected chi connectivity index (χ0v) is 21.8. The number of nitrogens with zero attached hydrogens (tertiary/aromatic N) is 2. The highest BCUT2D eigenvalue weighted by Gasteiger charge is 2.37. The van der Waals surface area contributed by atoms with E-state index < -0.39 is 0 Å². The van der Waals surface area contributed by atoms with Crippen LogP contribution in [0.1, 0.15) is 56.2 Å². The van der Waals surface area contributed by atoms with Crippen molar-refractivity contribution < 1.29 is 9.18 Å². The number of likely N-dealkylation sites (tertiary alicyclic amines) is 2. The number of rotatable bonds is 6. The third-order valence-corrected chi connectivity index (χ3v) is 8.67. The number of thioether (sulfide) groups is 1. The van der Waals surface area contributed by atoms with E-state index >= 15 is 0 Å². The molecule has 0 saturated carbocycles. The number of amides is 1. The highest BCUT2D eigenvalue weighted by atomic mass is 32.2. The van der Waals surface area contributed by atoms with E-state index in [-0.39, 0.29) is 17.6 Å². The van der Waals surface area contributed by atoms with Crippen LogP contribution in [0.3, 0.4) is 0 Å². The second-order valence-corrected chi connectivity index (χ2v) is 11.0. The number of carbonyl (C=O) groups excluding carboxylic acids is 1. The highest BCUT2D eigenvalue weighted by molar-refractivity contribution is 7.98. The molecule has 184 valence electrons. The van der Waals surface area contributed by atoms with Crippen molar-refractivity contribution in [3.63, 3.8) is 0 Å². The van der Waals surface area contributed by atoms with E-state index in [0.717, 1.165) is 72.4 Å². The minimum absolute atomic E-state index is 0.182.